The highest BCUT2D eigenvalue weighted by Crippen LogP contribution is 2.29. The fourth-order valence-electron chi connectivity index (χ4n) is 2.46. The zero-order valence-corrected chi connectivity index (χ0v) is 14.9. The van der Waals surface area contributed by atoms with Gasteiger partial charge in [0.05, 0.1) is 0 Å². The first-order chi connectivity index (χ1) is 13.9. The second kappa shape index (κ2) is 10.6. The molecule has 8 nitrogen and oxygen atoms in total. The van der Waals surface area contributed by atoms with E-state index < -0.39 is 25.7 Å². The Hall–Kier alpha value is -3.69. The summed E-state index contributed by atoms with van der Waals surface area (Å²) in [4.78, 5) is 31.5. The van der Waals surface area contributed by atoms with Crippen LogP contribution in [-0.2, 0) is 45.4 Å². The molecule has 0 fully saturated rings. The lowest BCUT2D eigenvalue weighted by molar-refractivity contribution is -0.129. The number of rotatable bonds is 10. The van der Waals surface area contributed by atoms with Gasteiger partial charge in [-0.15, -0.1) is 8.78 Å². The predicted octanol–water partition coefficient (Wildman–Crippen LogP) is 3.86. The Bertz CT molecular complexity index is 867. The lowest BCUT2D eigenvalue weighted by Gasteiger charge is -2.17. The summed E-state index contributed by atoms with van der Waals surface area (Å²) in [7, 11) is 0. The van der Waals surface area contributed by atoms with E-state index in [1.54, 1.807) is 12.1 Å². The fourth-order valence-corrected chi connectivity index (χ4v) is 2.46. The van der Waals surface area contributed by atoms with Gasteiger partial charge in [0.25, 0.3) is 6.47 Å². The Balaban J connectivity index is 2.35. The van der Waals surface area contributed by atoms with Crippen molar-refractivity contribution in [1.82, 2.24) is 0 Å². The van der Waals surface area contributed by atoms with Crippen molar-refractivity contribution in [3.05, 3.63) is 58.7 Å². The van der Waals surface area contributed by atoms with Crippen molar-refractivity contribution in [1.29, 1.82) is 0 Å². The molecule has 1 N–H and O–H groups in total. The van der Waals surface area contributed by atoms with Gasteiger partial charge < -0.3 is 24.1 Å². The maximum atomic E-state index is 12.5. The molecule has 0 radical (unpaired) electrons. The maximum absolute atomic E-state index is 12.5. The number of phenols is 1. The van der Waals surface area contributed by atoms with Gasteiger partial charge in [0.15, 0.2) is 0 Å². The minimum absolute atomic E-state index is 0.0176. The molecule has 0 aliphatic heterocycles. The van der Waals surface area contributed by atoms with Gasteiger partial charge in [-0.3, -0.25) is 4.79 Å². The van der Waals surface area contributed by atoms with Crippen LogP contribution in [0.1, 0.15) is 22.3 Å². The monoisotopic (exact) mass is 410 g/mol. The number of hydrogen-bond donors (Lipinski definition) is 1. The molecule has 2 aromatic rings. The van der Waals surface area contributed by atoms with Crippen LogP contribution in [-0.4, -0.2) is 24.0 Å². The molecule has 0 saturated carbocycles. The van der Waals surface area contributed by atoms with Gasteiger partial charge in [-0.05, 0) is 35.4 Å². The molecule has 0 unspecified atom stereocenters. The second-order valence-electron chi connectivity index (χ2n) is 5.66. The molecular formula is C19H16F2O8. The quantitative estimate of drug-likeness (QED) is 0.357. The SMILES string of the molecule is O=COCc1cc(COC(=O)F)cc(COC(=O)F)c1OCc1ccc(O)cc1. The van der Waals surface area contributed by atoms with Crippen molar-refractivity contribution in [3.8, 4) is 11.5 Å². The largest absolute Gasteiger partial charge is 0.508 e. The normalized spacial score (nSPS) is 10.1. The van der Waals surface area contributed by atoms with Crippen molar-refractivity contribution in [3.63, 3.8) is 0 Å². The van der Waals surface area contributed by atoms with Crippen molar-refractivity contribution < 1.29 is 47.2 Å². The Morgan fingerprint density at radius 2 is 1.45 bits per heavy atom. The van der Waals surface area contributed by atoms with Gasteiger partial charge in [-0.25, -0.2) is 9.59 Å². The van der Waals surface area contributed by atoms with Gasteiger partial charge in [-0.2, -0.15) is 0 Å². The van der Waals surface area contributed by atoms with E-state index in [1.807, 2.05) is 0 Å². The number of phenolic OH excluding ortho intramolecular Hbond substituents is 1. The molecule has 154 valence electrons. The zero-order valence-electron chi connectivity index (χ0n) is 14.9. The molecule has 0 aromatic heterocycles. The van der Waals surface area contributed by atoms with Gasteiger partial charge in [0.1, 0.15) is 37.9 Å². The van der Waals surface area contributed by atoms with Crippen LogP contribution in [0.25, 0.3) is 0 Å². The molecule has 2 rings (SSSR count). The molecule has 0 aliphatic rings. The number of carbonyl (C=O) groups is 3. The third-order valence-electron chi connectivity index (χ3n) is 3.62. The molecule has 0 amide bonds. The topological polar surface area (TPSA) is 108 Å². The van der Waals surface area contributed by atoms with E-state index in [4.69, 9.17) is 9.47 Å². The minimum Gasteiger partial charge on any atom is -0.508 e. The van der Waals surface area contributed by atoms with E-state index >= 15 is 0 Å². The van der Waals surface area contributed by atoms with E-state index in [1.165, 1.54) is 24.3 Å². The van der Waals surface area contributed by atoms with Crippen LogP contribution in [0.15, 0.2) is 36.4 Å². The number of ether oxygens (including phenoxy) is 4. The van der Waals surface area contributed by atoms with Crippen LogP contribution < -0.4 is 4.74 Å². The van der Waals surface area contributed by atoms with E-state index in [0.717, 1.165) is 0 Å². The Labute approximate surface area is 163 Å². The molecule has 2 aromatic carbocycles. The smallest absolute Gasteiger partial charge is 0.495 e. The van der Waals surface area contributed by atoms with Crippen LogP contribution in [0.4, 0.5) is 18.4 Å². The van der Waals surface area contributed by atoms with Crippen molar-refractivity contribution in [2.45, 2.75) is 26.4 Å². The molecular weight excluding hydrogens is 394 g/mol. The number of carbonyl (C=O) groups excluding carboxylic acids is 3. The summed E-state index contributed by atoms with van der Waals surface area (Å²) in [6.07, 6.45) is -4.03. The lowest BCUT2D eigenvalue weighted by Crippen LogP contribution is -2.08. The Morgan fingerprint density at radius 3 is 2.03 bits per heavy atom. The summed E-state index contributed by atoms with van der Waals surface area (Å²) in [6, 6.07) is 8.91. The predicted molar refractivity (Wildman–Crippen MR) is 92.3 cm³/mol. The number of halogens is 2. The highest BCUT2D eigenvalue weighted by molar-refractivity contribution is 5.59. The molecule has 0 bridgehead atoms. The molecule has 0 heterocycles. The Kier molecular flexibility index (Phi) is 7.89. The minimum atomic E-state index is -2.03. The number of aromatic hydroxyl groups is 1. The second-order valence-corrected chi connectivity index (χ2v) is 5.66. The standard InChI is InChI=1S/C19H16F2O8/c20-18(24)28-8-13-5-14(9-26-11-22)17(15(6-13)10-29-19(21)25)27-7-12-1-3-16(23)4-2-12/h1-6,11,23H,7-10H2. The van der Waals surface area contributed by atoms with Crippen LogP contribution in [0.3, 0.4) is 0 Å². The maximum Gasteiger partial charge on any atom is 0.495 e. The van der Waals surface area contributed by atoms with Crippen LogP contribution >= 0.6 is 0 Å². The number of benzene rings is 2. The number of hydrogen-bond acceptors (Lipinski definition) is 8. The van der Waals surface area contributed by atoms with Gasteiger partial charge in [0.2, 0.25) is 0 Å². The van der Waals surface area contributed by atoms with Crippen molar-refractivity contribution in [2.24, 2.45) is 0 Å². The average molecular weight is 410 g/mol. The van der Waals surface area contributed by atoms with Crippen LogP contribution in [0.5, 0.6) is 11.5 Å². The van der Waals surface area contributed by atoms with Crippen LogP contribution in [0.2, 0.25) is 0 Å². The van der Waals surface area contributed by atoms with E-state index in [9.17, 15) is 28.3 Å². The molecule has 10 heteroatoms. The highest BCUT2D eigenvalue weighted by atomic mass is 19.2. The summed E-state index contributed by atoms with van der Waals surface area (Å²) < 4.78 is 44.0. The Morgan fingerprint density at radius 1 is 0.862 bits per heavy atom. The van der Waals surface area contributed by atoms with Crippen molar-refractivity contribution >= 4 is 18.9 Å². The first-order valence-corrected chi connectivity index (χ1v) is 8.14. The molecule has 29 heavy (non-hydrogen) atoms. The average Bonchev–Trinajstić information content (AvgIpc) is 2.69. The summed E-state index contributed by atoms with van der Waals surface area (Å²) >= 11 is 0. The molecule has 0 atom stereocenters. The summed E-state index contributed by atoms with van der Waals surface area (Å²) in [6.45, 7) is -1.05. The molecule has 0 spiro atoms. The highest BCUT2D eigenvalue weighted by Gasteiger charge is 2.16. The summed E-state index contributed by atoms with van der Waals surface area (Å²) in [5.41, 5.74) is 1.40. The summed E-state index contributed by atoms with van der Waals surface area (Å²) in [5, 5.41) is 9.33. The third kappa shape index (κ3) is 7.09. The van der Waals surface area contributed by atoms with E-state index in [2.05, 4.69) is 9.47 Å². The van der Waals surface area contributed by atoms with E-state index in [0.29, 0.717) is 5.56 Å². The lowest BCUT2D eigenvalue weighted by atomic mass is 10.0. The van der Waals surface area contributed by atoms with Gasteiger partial charge >= 0.3 is 12.4 Å². The summed E-state index contributed by atoms with van der Waals surface area (Å²) in [5.74, 6) is 0.202. The van der Waals surface area contributed by atoms with Crippen molar-refractivity contribution in [2.75, 3.05) is 0 Å². The van der Waals surface area contributed by atoms with E-state index in [-0.39, 0.29) is 47.9 Å². The first kappa shape index (κ1) is 21.6. The first-order valence-electron chi connectivity index (χ1n) is 8.14. The molecule has 0 aliphatic carbocycles. The molecule has 0 saturated heterocycles. The van der Waals surface area contributed by atoms with Crippen LogP contribution in [0, 0.1) is 0 Å². The zero-order chi connectivity index (χ0) is 21.2. The third-order valence-corrected chi connectivity index (χ3v) is 3.62. The fraction of sp³-hybridized carbons (Fsp3) is 0.211. The van der Waals surface area contributed by atoms with Gasteiger partial charge in [0, 0.05) is 11.1 Å². The van der Waals surface area contributed by atoms with Gasteiger partial charge in [-0.1, -0.05) is 12.1 Å².